The van der Waals surface area contributed by atoms with Crippen LogP contribution in [0.3, 0.4) is 0 Å². The molecule has 0 saturated carbocycles. The van der Waals surface area contributed by atoms with E-state index < -0.39 is 10.0 Å². The van der Waals surface area contributed by atoms with E-state index in [1.54, 1.807) is 22.9 Å². The Morgan fingerprint density at radius 3 is 2.67 bits per heavy atom. The summed E-state index contributed by atoms with van der Waals surface area (Å²) in [4.78, 5) is 1.47. The van der Waals surface area contributed by atoms with Gasteiger partial charge in [0, 0.05) is 43.0 Å². The van der Waals surface area contributed by atoms with Crippen LogP contribution in [-0.2, 0) is 21.3 Å². The summed E-state index contributed by atoms with van der Waals surface area (Å²) in [5.74, 6) is 0. The van der Waals surface area contributed by atoms with Crippen LogP contribution >= 0.6 is 11.3 Å². The highest BCUT2D eigenvalue weighted by molar-refractivity contribution is 7.89. The molecule has 0 amide bonds. The first-order valence-corrected chi connectivity index (χ1v) is 9.59. The molecule has 21 heavy (non-hydrogen) atoms. The Morgan fingerprint density at radius 2 is 2.10 bits per heavy atom. The van der Waals surface area contributed by atoms with Crippen LogP contribution in [0.15, 0.2) is 16.3 Å². The van der Waals surface area contributed by atoms with Crippen LogP contribution in [0.2, 0.25) is 0 Å². The van der Waals surface area contributed by atoms with Crippen molar-refractivity contribution in [3.05, 3.63) is 16.3 Å². The summed E-state index contributed by atoms with van der Waals surface area (Å²) in [6, 6.07) is 2.18. The van der Waals surface area contributed by atoms with Crippen LogP contribution in [0.4, 0.5) is 0 Å². The SMILES string of the molecule is COC1CCN(S(=O)(=O)c2csc(CNC(C)C)c2)CC1. The van der Waals surface area contributed by atoms with Crippen LogP contribution in [0.1, 0.15) is 31.6 Å². The number of hydrogen-bond donors (Lipinski definition) is 1. The van der Waals surface area contributed by atoms with E-state index in [1.807, 2.05) is 0 Å². The standard InChI is InChI=1S/C14H24N2O3S2/c1-11(2)15-9-13-8-14(10-20-13)21(17,18)16-6-4-12(19-3)5-7-16/h8,10-12,15H,4-7,9H2,1-3H3. The number of ether oxygens (including phenoxy) is 1. The zero-order valence-corrected chi connectivity index (χ0v) is 14.5. The molecular formula is C14H24N2O3S2. The van der Waals surface area contributed by atoms with Crippen LogP contribution in [-0.4, -0.2) is 45.1 Å². The number of rotatable bonds is 6. The maximum Gasteiger partial charge on any atom is 0.243 e. The van der Waals surface area contributed by atoms with Crippen molar-refractivity contribution in [2.45, 2.75) is 50.3 Å². The quantitative estimate of drug-likeness (QED) is 0.866. The van der Waals surface area contributed by atoms with Crippen molar-refractivity contribution in [3.63, 3.8) is 0 Å². The highest BCUT2D eigenvalue weighted by Gasteiger charge is 2.29. The van der Waals surface area contributed by atoms with Gasteiger partial charge in [-0.15, -0.1) is 11.3 Å². The number of hydrogen-bond acceptors (Lipinski definition) is 5. The van der Waals surface area contributed by atoms with Gasteiger partial charge in [-0.1, -0.05) is 13.8 Å². The second-order valence-corrected chi connectivity index (χ2v) is 8.56. The Hall–Kier alpha value is -0.470. The summed E-state index contributed by atoms with van der Waals surface area (Å²) in [5.41, 5.74) is 0. The molecule has 0 unspecified atom stereocenters. The maximum absolute atomic E-state index is 12.6. The minimum atomic E-state index is -3.35. The molecule has 2 rings (SSSR count). The second-order valence-electron chi connectivity index (χ2n) is 5.62. The summed E-state index contributed by atoms with van der Waals surface area (Å²) < 4.78 is 32.1. The monoisotopic (exact) mass is 332 g/mol. The van der Waals surface area contributed by atoms with E-state index in [1.165, 1.54) is 11.3 Å². The van der Waals surface area contributed by atoms with Gasteiger partial charge >= 0.3 is 0 Å². The molecule has 2 heterocycles. The van der Waals surface area contributed by atoms with Crippen molar-refractivity contribution >= 4 is 21.4 Å². The zero-order valence-electron chi connectivity index (χ0n) is 12.8. The van der Waals surface area contributed by atoms with Gasteiger partial charge in [-0.25, -0.2) is 8.42 Å². The van der Waals surface area contributed by atoms with Crippen molar-refractivity contribution in [1.29, 1.82) is 0 Å². The summed E-state index contributed by atoms with van der Waals surface area (Å²) in [6.45, 7) is 5.94. The smallest absolute Gasteiger partial charge is 0.243 e. The molecule has 0 radical (unpaired) electrons. The van der Waals surface area contributed by atoms with Crippen molar-refractivity contribution in [2.24, 2.45) is 0 Å². The van der Waals surface area contributed by atoms with Crippen molar-refractivity contribution in [3.8, 4) is 0 Å². The fourth-order valence-corrected chi connectivity index (χ4v) is 5.03. The molecule has 1 aromatic heterocycles. The first-order chi connectivity index (χ1) is 9.93. The summed E-state index contributed by atoms with van der Waals surface area (Å²) >= 11 is 1.49. The first kappa shape index (κ1) is 16.9. The predicted octanol–water partition coefficient (Wildman–Crippen LogP) is 2.05. The van der Waals surface area contributed by atoms with Crippen molar-refractivity contribution in [2.75, 3.05) is 20.2 Å². The summed E-state index contributed by atoms with van der Waals surface area (Å²) in [5, 5.41) is 5.05. The van der Waals surface area contributed by atoms with E-state index in [0.29, 0.717) is 30.6 Å². The van der Waals surface area contributed by atoms with Gasteiger partial charge in [0.25, 0.3) is 0 Å². The fourth-order valence-electron chi connectivity index (χ4n) is 2.35. The van der Waals surface area contributed by atoms with Gasteiger partial charge in [0.05, 0.1) is 11.0 Å². The Bertz CT molecular complexity index is 546. The normalized spacial score (nSPS) is 18.5. The van der Waals surface area contributed by atoms with Crippen molar-refractivity contribution in [1.82, 2.24) is 9.62 Å². The number of sulfonamides is 1. The number of nitrogens with one attached hydrogen (secondary N) is 1. The number of piperidine rings is 1. The van der Waals surface area contributed by atoms with Gasteiger partial charge in [0.2, 0.25) is 10.0 Å². The average Bonchev–Trinajstić information content (AvgIpc) is 2.95. The lowest BCUT2D eigenvalue weighted by Gasteiger charge is -2.30. The minimum absolute atomic E-state index is 0.185. The Labute approximate surface area is 131 Å². The maximum atomic E-state index is 12.6. The molecule has 0 bridgehead atoms. The number of methoxy groups -OCH3 is 1. The highest BCUT2D eigenvalue weighted by atomic mass is 32.2. The summed E-state index contributed by atoms with van der Waals surface area (Å²) in [6.07, 6.45) is 1.72. The molecule has 1 saturated heterocycles. The molecule has 1 aliphatic rings. The van der Waals surface area contributed by atoms with E-state index in [4.69, 9.17) is 4.74 Å². The largest absolute Gasteiger partial charge is 0.381 e. The zero-order chi connectivity index (χ0) is 15.5. The molecular weight excluding hydrogens is 308 g/mol. The first-order valence-electron chi connectivity index (χ1n) is 7.27. The van der Waals surface area contributed by atoms with E-state index >= 15 is 0 Å². The molecule has 1 fully saturated rings. The van der Waals surface area contributed by atoms with Crippen LogP contribution < -0.4 is 5.32 Å². The lowest BCUT2D eigenvalue weighted by molar-refractivity contribution is 0.0604. The fraction of sp³-hybridized carbons (Fsp3) is 0.714. The molecule has 0 aromatic carbocycles. The van der Waals surface area contributed by atoms with E-state index in [0.717, 1.165) is 17.7 Å². The van der Waals surface area contributed by atoms with E-state index in [-0.39, 0.29) is 6.10 Å². The van der Waals surface area contributed by atoms with E-state index in [9.17, 15) is 8.42 Å². The topological polar surface area (TPSA) is 58.6 Å². The van der Waals surface area contributed by atoms with Crippen LogP contribution in [0, 0.1) is 0 Å². The van der Waals surface area contributed by atoms with Gasteiger partial charge in [0.15, 0.2) is 0 Å². The molecule has 7 heteroatoms. The number of nitrogens with zero attached hydrogens (tertiary/aromatic N) is 1. The van der Waals surface area contributed by atoms with Crippen LogP contribution in [0.25, 0.3) is 0 Å². The highest BCUT2D eigenvalue weighted by Crippen LogP contribution is 2.25. The minimum Gasteiger partial charge on any atom is -0.381 e. The van der Waals surface area contributed by atoms with Gasteiger partial charge < -0.3 is 10.1 Å². The van der Waals surface area contributed by atoms with Gasteiger partial charge in [-0.05, 0) is 18.9 Å². The number of thiophene rings is 1. The molecule has 1 N–H and O–H groups in total. The molecule has 0 spiro atoms. The average molecular weight is 332 g/mol. The van der Waals surface area contributed by atoms with Crippen molar-refractivity contribution < 1.29 is 13.2 Å². The van der Waals surface area contributed by atoms with E-state index in [2.05, 4.69) is 19.2 Å². The lowest BCUT2D eigenvalue weighted by atomic mass is 10.1. The van der Waals surface area contributed by atoms with Gasteiger partial charge in [-0.2, -0.15) is 4.31 Å². The molecule has 5 nitrogen and oxygen atoms in total. The third kappa shape index (κ3) is 4.26. The molecule has 1 aliphatic heterocycles. The molecule has 1 aromatic rings. The van der Waals surface area contributed by atoms with Crippen LogP contribution in [0.5, 0.6) is 0 Å². The third-order valence-corrected chi connectivity index (χ3v) is 6.65. The Morgan fingerprint density at radius 1 is 1.43 bits per heavy atom. The van der Waals surface area contributed by atoms with Gasteiger partial charge in [0.1, 0.15) is 0 Å². The summed E-state index contributed by atoms with van der Waals surface area (Å²) in [7, 11) is -1.67. The molecule has 0 atom stereocenters. The second kappa shape index (κ2) is 7.19. The lowest BCUT2D eigenvalue weighted by Crippen LogP contribution is -2.40. The third-order valence-electron chi connectivity index (χ3n) is 3.69. The molecule has 120 valence electrons. The predicted molar refractivity (Wildman–Crippen MR) is 85.1 cm³/mol. The molecule has 0 aliphatic carbocycles. The Balaban J connectivity index is 2.03. The Kier molecular flexibility index (Phi) is 5.79. The van der Waals surface area contributed by atoms with Gasteiger partial charge in [-0.3, -0.25) is 0 Å².